The first-order valence-electron chi connectivity index (χ1n) is 8.13. The lowest BCUT2D eigenvalue weighted by atomic mass is 10.0. The van der Waals surface area contributed by atoms with Crippen molar-refractivity contribution in [3.05, 3.63) is 24.0 Å². The molecule has 1 unspecified atom stereocenters. The van der Waals surface area contributed by atoms with Gasteiger partial charge in [0.1, 0.15) is 0 Å². The fourth-order valence-corrected chi connectivity index (χ4v) is 2.86. The van der Waals surface area contributed by atoms with E-state index in [1.54, 1.807) is 0 Å². The zero-order chi connectivity index (χ0) is 15.2. The molecule has 118 valence electrons. The number of pyridine rings is 1. The molecule has 1 fully saturated rings. The van der Waals surface area contributed by atoms with Crippen LogP contribution in [0.15, 0.2) is 18.3 Å². The van der Waals surface area contributed by atoms with E-state index in [1.165, 1.54) is 18.5 Å². The van der Waals surface area contributed by atoms with Gasteiger partial charge in [-0.25, -0.2) is 0 Å². The lowest BCUT2D eigenvalue weighted by Crippen LogP contribution is -2.45. The zero-order valence-corrected chi connectivity index (χ0v) is 14.0. The highest BCUT2D eigenvalue weighted by Gasteiger charge is 2.21. The summed E-state index contributed by atoms with van der Waals surface area (Å²) in [7, 11) is 4.37. The van der Waals surface area contributed by atoms with E-state index >= 15 is 0 Å². The van der Waals surface area contributed by atoms with Crippen molar-refractivity contribution < 1.29 is 0 Å². The van der Waals surface area contributed by atoms with Crippen LogP contribution in [0.25, 0.3) is 0 Å². The molecule has 0 bridgehead atoms. The van der Waals surface area contributed by atoms with Crippen LogP contribution in [0.3, 0.4) is 0 Å². The molecule has 0 aliphatic carbocycles. The third kappa shape index (κ3) is 4.97. The highest BCUT2D eigenvalue weighted by Crippen LogP contribution is 2.21. The molecule has 0 aromatic carbocycles. The van der Waals surface area contributed by atoms with Crippen molar-refractivity contribution in [3.8, 4) is 0 Å². The standard InChI is InChI=1S/C17H30N4/c1-14(2)11-18-12-15-10-16(7-8-19-15)21-9-5-6-17(13-21)20(3)4/h7-8,10,14,17-18H,5-6,9,11-13H2,1-4H3. The summed E-state index contributed by atoms with van der Waals surface area (Å²) in [5.74, 6) is 0.677. The molecule has 0 saturated carbocycles. The van der Waals surface area contributed by atoms with Crippen molar-refractivity contribution in [2.45, 2.75) is 39.3 Å². The summed E-state index contributed by atoms with van der Waals surface area (Å²) < 4.78 is 0. The fraction of sp³-hybridized carbons (Fsp3) is 0.706. The number of aromatic nitrogens is 1. The number of nitrogens with zero attached hydrogens (tertiary/aromatic N) is 3. The van der Waals surface area contributed by atoms with E-state index in [2.05, 4.69) is 60.2 Å². The van der Waals surface area contributed by atoms with Gasteiger partial charge in [-0.15, -0.1) is 0 Å². The summed E-state index contributed by atoms with van der Waals surface area (Å²) in [6.45, 7) is 8.64. The largest absolute Gasteiger partial charge is 0.370 e. The summed E-state index contributed by atoms with van der Waals surface area (Å²) in [6.07, 6.45) is 4.52. The van der Waals surface area contributed by atoms with Crippen LogP contribution in [0.4, 0.5) is 5.69 Å². The molecule has 2 heterocycles. The molecule has 1 atom stereocenters. The number of piperidine rings is 1. The minimum absolute atomic E-state index is 0.662. The maximum atomic E-state index is 4.49. The monoisotopic (exact) mass is 290 g/mol. The van der Waals surface area contributed by atoms with Gasteiger partial charge in [-0.2, -0.15) is 0 Å². The van der Waals surface area contributed by atoms with Crippen LogP contribution in [0.1, 0.15) is 32.4 Å². The normalized spacial score (nSPS) is 19.5. The Kier molecular flexibility index (Phi) is 6.00. The molecule has 0 spiro atoms. The number of nitrogens with one attached hydrogen (secondary N) is 1. The highest BCUT2D eigenvalue weighted by molar-refractivity contribution is 5.47. The lowest BCUT2D eigenvalue weighted by Gasteiger charge is -2.37. The smallest absolute Gasteiger partial charge is 0.0562 e. The molecule has 21 heavy (non-hydrogen) atoms. The van der Waals surface area contributed by atoms with E-state index in [4.69, 9.17) is 0 Å². The van der Waals surface area contributed by atoms with Crippen LogP contribution in [0.5, 0.6) is 0 Å². The maximum absolute atomic E-state index is 4.49. The Hall–Kier alpha value is -1.13. The van der Waals surface area contributed by atoms with Gasteiger partial charge < -0.3 is 15.1 Å². The van der Waals surface area contributed by atoms with Crippen molar-refractivity contribution in [1.29, 1.82) is 0 Å². The van der Waals surface area contributed by atoms with Gasteiger partial charge in [0.25, 0.3) is 0 Å². The molecule has 2 rings (SSSR count). The van der Waals surface area contributed by atoms with Gasteiger partial charge in [0, 0.05) is 37.6 Å². The van der Waals surface area contributed by atoms with Gasteiger partial charge in [0.15, 0.2) is 0 Å². The topological polar surface area (TPSA) is 31.4 Å². The molecule has 1 aliphatic rings. The molecule has 1 saturated heterocycles. The quantitative estimate of drug-likeness (QED) is 0.871. The zero-order valence-electron chi connectivity index (χ0n) is 14.0. The molecule has 1 aliphatic heterocycles. The number of anilines is 1. The molecule has 1 aromatic rings. The molecule has 1 aromatic heterocycles. The predicted molar refractivity (Wildman–Crippen MR) is 89.7 cm³/mol. The van der Waals surface area contributed by atoms with Crippen LogP contribution in [-0.2, 0) is 6.54 Å². The van der Waals surface area contributed by atoms with Crippen molar-refractivity contribution in [1.82, 2.24) is 15.2 Å². The second-order valence-electron chi connectivity index (χ2n) is 6.74. The third-order valence-electron chi connectivity index (χ3n) is 4.15. The Morgan fingerprint density at radius 3 is 2.95 bits per heavy atom. The number of hydrogen-bond acceptors (Lipinski definition) is 4. The summed E-state index contributed by atoms with van der Waals surface area (Å²) >= 11 is 0. The van der Waals surface area contributed by atoms with Crippen LogP contribution < -0.4 is 10.2 Å². The second kappa shape index (κ2) is 7.76. The van der Waals surface area contributed by atoms with E-state index in [9.17, 15) is 0 Å². The van der Waals surface area contributed by atoms with E-state index in [1.807, 2.05) is 6.20 Å². The minimum atomic E-state index is 0.662. The van der Waals surface area contributed by atoms with Crippen LogP contribution in [0, 0.1) is 5.92 Å². The number of rotatable bonds is 6. The van der Waals surface area contributed by atoms with Crippen LogP contribution in [0.2, 0.25) is 0 Å². The average molecular weight is 290 g/mol. The molecular weight excluding hydrogens is 260 g/mol. The molecule has 4 heteroatoms. The van der Waals surface area contributed by atoms with Gasteiger partial charge >= 0.3 is 0 Å². The highest BCUT2D eigenvalue weighted by atomic mass is 15.2. The van der Waals surface area contributed by atoms with Crippen molar-refractivity contribution >= 4 is 5.69 Å². The van der Waals surface area contributed by atoms with Gasteiger partial charge in [-0.3, -0.25) is 4.98 Å². The second-order valence-corrected chi connectivity index (χ2v) is 6.74. The van der Waals surface area contributed by atoms with Crippen molar-refractivity contribution in [3.63, 3.8) is 0 Å². The van der Waals surface area contributed by atoms with Gasteiger partial charge in [0.2, 0.25) is 0 Å². The molecular formula is C17H30N4. The number of likely N-dealkylation sites (N-methyl/N-ethyl adjacent to an activating group) is 1. The molecule has 1 N–H and O–H groups in total. The lowest BCUT2D eigenvalue weighted by molar-refractivity contribution is 0.258. The van der Waals surface area contributed by atoms with Crippen LogP contribution in [-0.4, -0.2) is 49.7 Å². The van der Waals surface area contributed by atoms with Crippen molar-refractivity contribution in [2.75, 3.05) is 38.6 Å². The Labute approximate surface area is 129 Å². The molecule has 0 amide bonds. The predicted octanol–water partition coefficient (Wildman–Crippen LogP) is 2.36. The van der Waals surface area contributed by atoms with Crippen molar-refractivity contribution in [2.24, 2.45) is 5.92 Å². The molecule has 4 nitrogen and oxygen atoms in total. The van der Waals surface area contributed by atoms with E-state index in [0.717, 1.165) is 31.9 Å². The van der Waals surface area contributed by atoms with Crippen LogP contribution >= 0.6 is 0 Å². The van der Waals surface area contributed by atoms with Gasteiger partial charge in [0.05, 0.1) is 5.69 Å². The van der Waals surface area contributed by atoms with Gasteiger partial charge in [-0.05, 0) is 51.5 Å². The van der Waals surface area contributed by atoms with E-state index < -0.39 is 0 Å². The molecule has 0 radical (unpaired) electrons. The van der Waals surface area contributed by atoms with E-state index in [-0.39, 0.29) is 0 Å². The number of hydrogen-bond donors (Lipinski definition) is 1. The summed E-state index contributed by atoms with van der Waals surface area (Å²) in [5.41, 5.74) is 2.46. The first-order valence-corrected chi connectivity index (χ1v) is 8.13. The van der Waals surface area contributed by atoms with E-state index in [0.29, 0.717) is 12.0 Å². The first kappa shape index (κ1) is 16.2. The Morgan fingerprint density at radius 1 is 1.43 bits per heavy atom. The summed E-state index contributed by atoms with van der Waals surface area (Å²) in [5, 5.41) is 3.47. The maximum Gasteiger partial charge on any atom is 0.0562 e. The minimum Gasteiger partial charge on any atom is -0.370 e. The Morgan fingerprint density at radius 2 is 2.24 bits per heavy atom. The summed E-state index contributed by atoms with van der Waals surface area (Å²) in [4.78, 5) is 9.33. The Bertz CT molecular complexity index is 431. The third-order valence-corrected chi connectivity index (χ3v) is 4.15. The first-order chi connectivity index (χ1) is 10.1. The fourth-order valence-electron chi connectivity index (χ4n) is 2.86. The summed E-state index contributed by atoms with van der Waals surface area (Å²) in [6, 6.07) is 5.05. The average Bonchev–Trinajstić information content (AvgIpc) is 2.47. The Balaban J connectivity index is 1.96. The SMILES string of the molecule is CC(C)CNCc1cc(N2CCCC(N(C)C)C2)ccn1. The van der Waals surface area contributed by atoms with Gasteiger partial charge in [-0.1, -0.05) is 13.8 Å².